The van der Waals surface area contributed by atoms with Gasteiger partial charge in [0, 0.05) is 19.0 Å². The normalized spacial score (nSPS) is 11.8. The lowest BCUT2D eigenvalue weighted by molar-refractivity contribution is 0.0768. The largest absolute Gasteiger partial charge is 0.331 e. The summed E-state index contributed by atoms with van der Waals surface area (Å²) in [7, 11) is 1.65. The number of hydrogen-bond donors (Lipinski definition) is 0. The molecule has 0 aromatic heterocycles. The van der Waals surface area contributed by atoms with Gasteiger partial charge in [0.15, 0.2) is 0 Å². The molecule has 113 valence electrons. The Morgan fingerprint density at radius 2 is 1.68 bits per heavy atom. The van der Waals surface area contributed by atoms with Crippen molar-refractivity contribution < 1.29 is 9.59 Å². The van der Waals surface area contributed by atoms with Crippen LogP contribution in [0.2, 0.25) is 0 Å². The second-order valence-corrected chi connectivity index (χ2v) is 5.62. The van der Waals surface area contributed by atoms with Gasteiger partial charge in [0.1, 0.15) is 6.04 Å². The van der Waals surface area contributed by atoms with Crippen molar-refractivity contribution in [1.29, 1.82) is 0 Å². The summed E-state index contributed by atoms with van der Waals surface area (Å²) in [4.78, 5) is 25.4. The third kappa shape index (κ3) is 3.82. The monoisotopic (exact) mass is 294 g/mol. The number of carbonyl (C=O) groups is 1. The molecule has 2 aromatic carbocycles. The van der Waals surface area contributed by atoms with Crippen molar-refractivity contribution in [1.82, 2.24) is 4.90 Å². The fourth-order valence-corrected chi connectivity index (χ4v) is 2.54. The number of amides is 1. The minimum atomic E-state index is -0.587. The third-order valence-corrected chi connectivity index (χ3v) is 3.66. The molecule has 0 spiro atoms. The van der Waals surface area contributed by atoms with Crippen LogP contribution in [0, 0.1) is 13.8 Å². The lowest BCUT2D eigenvalue weighted by Crippen LogP contribution is -2.39. The van der Waals surface area contributed by atoms with Crippen molar-refractivity contribution in [3.63, 3.8) is 0 Å². The number of aryl methyl sites for hydroxylation is 2. The number of likely N-dealkylation sites (N-methyl/N-ethyl adjacent to an activating group) is 1. The molecule has 3 heteroatoms. The van der Waals surface area contributed by atoms with Gasteiger partial charge in [-0.1, -0.05) is 47.5 Å². The zero-order valence-corrected chi connectivity index (χ0v) is 13.2. The van der Waals surface area contributed by atoms with E-state index in [2.05, 4.69) is 0 Å². The van der Waals surface area contributed by atoms with Crippen LogP contribution in [0.25, 0.3) is 0 Å². The van der Waals surface area contributed by atoms with Crippen LogP contribution in [-0.2, 0) is 11.2 Å². The second kappa shape index (κ2) is 7.03. The lowest BCUT2D eigenvalue weighted by atomic mass is 10.0. The van der Waals surface area contributed by atoms with Gasteiger partial charge in [0.25, 0.3) is 5.91 Å². The Bertz CT molecular complexity index is 644. The Balaban J connectivity index is 2.18. The molecule has 1 amide bonds. The van der Waals surface area contributed by atoms with E-state index in [1.54, 1.807) is 7.05 Å². The van der Waals surface area contributed by atoms with E-state index in [-0.39, 0.29) is 5.91 Å². The predicted octanol–water partition coefficient (Wildman–Crippen LogP) is 3.10. The summed E-state index contributed by atoms with van der Waals surface area (Å²) >= 11 is 0. The molecular weight excluding hydrogens is 274 g/mol. The van der Waals surface area contributed by atoms with Gasteiger partial charge in [-0.25, -0.2) is 0 Å². The van der Waals surface area contributed by atoms with Gasteiger partial charge >= 0.3 is 0 Å². The molecular formula is C19H20NO2. The first-order chi connectivity index (χ1) is 10.5. The second-order valence-electron chi connectivity index (χ2n) is 5.62. The molecule has 0 bridgehead atoms. The van der Waals surface area contributed by atoms with Crippen LogP contribution in [0.15, 0.2) is 48.5 Å². The van der Waals surface area contributed by atoms with Gasteiger partial charge in [-0.05, 0) is 31.5 Å². The average Bonchev–Trinajstić information content (AvgIpc) is 2.51. The van der Waals surface area contributed by atoms with Gasteiger partial charge in [-0.15, -0.1) is 0 Å². The van der Waals surface area contributed by atoms with Gasteiger partial charge < -0.3 is 4.90 Å². The third-order valence-electron chi connectivity index (χ3n) is 3.66. The molecule has 0 aliphatic heterocycles. The fourth-order valence-electron chi connectivity index (χ4n) is 2.54. The number of rotatable bonds is 5. The highest BCUT2D eigenvalue weighted by atomic mass is 16.2. The summed E-state index contributed by atoms with van der Waals surface area (Å²) in [6, 6.07) is 14.8. The van der Waals surface area contributed by atoms with Crippen LogP contribution in [0.1, 0.15) is 27.0 Å². The van der Waals surface area contributed by atoms with Crippen LogP contribution in [-0.4, -0.2) is 30.2 Å². The van der Waals surface area contributed by atoms with Crippen LogP contribution < -0.4 is 0 Å². The summed E-state index contributed by atoms with van der Waals surface area (Å²) in [5.41, 5.74) is 3.68. The zero-order chi connectivity index (χ0) is 16.1. The average molecular weight is 294 g/mol. The summed E-state index contributed by atoms with van der Waals surface area (Å²) in [6.45, 7) is 3.91. The van der Waals surface area contributed by atoms with Gasteiger partial charge in [-0.3, -0.25) is 9.59 Å². The highest BCUT2D eigenvalue weighted by Crippen LogP contribution is 2.14. The van der Waals surface area contributed by atoms with E-state index in [1.165, 1.54) is 4.90 Å². The minimum Gasteiger partial charge on any atom is -0.331 e. The summed E-state index contributed by atoms with van der Waals surface area (Å²) in [6.07, 6.45) is 2.45. The SMILES string of the molecule is Cc1cc(C)cc(C(=O)N(C)[C@@H]([C]=O)Cc2ccccc2)c1. The first-order valence-corrected chi connectivity index (χ1v) is 7.28. The molecule has 0 unspecified atom stereocenters. The highest BCUT2D eigenvalue weighted by Gasteiger charge is 2.22. The molecule has 0 saturated heterocycles. The number of hydrogen-bond acceptors (Lipinski definition) is 2. The molecule has 2 aromatic rings. The van der Waals surface area contributed by atoms with Crippen LogP contribution >= 0.6 is 0 Å². The Hall–Kier alpha value is -2.42. The Kier molecular flexibility index (Phi) is 5.10. The fraction of sp³-hybridized carbons (Fsp3) is 0.263. The summed E-state index contributed by atoms with van der Waals surface area (Å²) in [5, 5.41) is 0. The number of carbonyl (C=O) groups excluding carboxylic acids is 2. The molecule has 0 fully saturated rings. The molecule has 0 aliphatic rings. The maximum absolute atomic E-state index is 12.6. The van der Waals surface area contributed by atoms with Crippen LogP contribution in [0.4, 0.5) is 0 Å². The van der Waals surface area contributed by atoms with Crippen molar-refractivity contribution in [2.24, 2.45) is 0 Å². The van der Waals surface area contributed by atoms with Gasteiger partial charge in [0.05, 0.1) is 0 Å². The molecule has 2 rings (SSSR count). The van der Waals surface area contributed by atoms with E-state index in [4.69, 9.17) is 0 Å². The maximum atomic E-state index is 12.6. The van der Waals surface area contributed by atoms with Crippen molar-refractivity contribution >= 4 is 12.2 Å². The lowest BCUT2D eigenvalue weighted by Gasteiger charge is -2.23. The van der Waals surface area contributed by atoms with Crippen molar-refractivity contribution in [3.05, 3.63) is 70.8 Å². The molecule has 22 heavy (non-hydrogen) atoms. The zero-order valence-electron chi connectivity index (χ0n) is 13.2. The first-order valence-electron chi connectivity index (χ1n) is 7.28. The van der Waals surface area contributed by atoms with Crippen molar-refractivity contribution in [3.8, 4) is 0 Å². The van der Waals surface area contributed by atoms with Crippen molar-refractivity contribution in [2.75, 3.05) is 7.05 Å². The van der Waals surface area contributed by atoms with Gasteiger partial charge in [-0.2, -0.15) is 0 Å². The molecule has 1 atom stereocenters. The first kappa shape index (κ1) is 16.0. The molecule has 0 aliphatic carbocycles. The molecule has 0 saturated carbocycles. The predicted molar refractivity (Wildman–Crippen MR) is 87.6 cm³/mol. The van der Waals surface area contributed by atoms with Crippen LogP contribution in [0.3, 0.4) is 0 Å². The van der Waals surface area contributed by atoms with E-state index >= 15 is 0 Å². The maximum Gasteiger partial charge on any atom is 0.254 e. The quantitative estimate of drug-likeness (QED) is 0.849. The molecule has 0 N–H and O–H groups in total. The standard InChI is InChI=1S/C19H20NO2/c1-14-9-15(2)11-17(10-14)19(22)20(3)18(13-21)12-16-7-5-4-6-8-16/h4-11,18H,12H2,1-3H3/t18-/m1/s1. The molecule has 3 nitrogen and oxygen atoms in total. The summed E-state index contributed by atoms with van der Waals surface area (Å²) < 4.78 is 0. The number of nitrogens with zero attached hydrogens (tertiary/aromatic N) is 1. The number of benzene rings is 2. The van der Waals surface area contributed by atoms with Crippen LogP contribution in [0.5, 0.6) is 0 Å². The Labute approximate surface area is 131 Å². The van der Waals surface area contributed by atoms with E-state index in [9.17, 15) is 9.59 Å². The van der Waals surface area contributed by atoms with E-state index in [1.807, 2.05) is 68.7 Å². The van der Waals surface area contributed by atoms with Gasteiger partial charge in [0.2, 0.25) is 6.29 Å². The van der Waals surface area contributed by atoms with Crippen molar-refractivity contribution in [2.45, 2.75) is 26.3 Å². The van der Waals surface area contributed by atoms with E-state index in [0.29, 0.717) is 12.0 Å². The smallest absolute Gasteiger partial charge is 0.254 e. The Morgan fingerprint density at radius 3 is 2.23 bits per heavy atom. The Morgan fingerprint density at radius 1 is 1.09 bits per heavy atom. The molecule has 0 heterocycles. The minimum absolute atomic E-state index is 0.156. The van der Waals surface area contributed by atoms with E-state index < -0.39 is 6.04 Å². The summed E-state index contributed by atoms with van der Waals surface area (Å²) in [5.74, 6) is -0.156. The molecule has 1 radical (unpaired) electrons. The van der Waals surface area contributed by atoms with E-state index in [0.717, 1.165) is 16.7 Å². The highest BCUT2D eigenvalue weighted by molar-refractivity contribution is 5.96. The topological polar surface area (TPSA) is 37.4 Å².